The lowest BCUT2D eigenvalue weighted by Crippen LogP contribution is -2.37. The number of rotatable bonds is 6. The maximum absolute atomic E-state index is 12.3. The van der Waals surface area contributed by atoms with Gasteiger partial charge < -0.3 is 10.4 Å². The highest BCUT2D eigenvalue weighted by Crippen LogP contribution is 2.42. The summed E-state index contributed by atoms with van der Waals surface area (Å²) >= 11 is 0. The summed E-state index contributed by atoms with van der Waals surface area (Å²) in [7, 11) is 0. The van der Waals surface area contributed by atoms with Gasteiger partial charge >= 0.3 is 5.97 Å². The Hall–Kier alpha value is -1.06. The third-order valence-electron chi connectivity index (χ3n) is 5.58. The van der Waals surface area contributed by atoms with Gasteiger partial charge in [0, 0.05) is 13.0 Å². The largest absolute Gasteiger partial charge is 0.481 e. The Morgan fingerprint density at radius 2 is 1.81 bits per heavy atom. The molecular formula is C17H29NO3. The summed E-state index contributed by atoms with van der Waals surface area (Å²) in [4.78, 5) is 23.4. The van der Waals surface area contributed by atoms with Gasteiger partial charge in [0.05, 0.1) is 6.42 Å². The summed E-state index contributed by atoms with van der Waals surface area (Å²) in [5, 5.41) is 12.2. The van der Waals surface area contributed by atoms with E-state index in [0.29, 0.717) is 18.3 Å². The first-order valence-corrected chi connectivity index (χ1v) is 8.49. The van der Waals surface area contributed by atoms with E-state index in [2.05, 4.69) is 12.2 Å². The summed E-state index contributed by atoms with van der Waals surface area (Å²) in [6, 6.07) is 0. The van der Waals surface area contributed by atoms with Gasteiger partial charge in [-0.15, -0.1) is 0 Å². The van der Waals surface area contributed by atoms with E-state index in [1.165, 1.54) is 25.7 Å². The van der Waals surface area contributed by atoms with Crippen molar-refractivity contribution in [2.24, 2.45) is 17.3 Å². The van der Waals surface area contributed by atoms with Crippen molar-refractivity contribution in [3.8, 4) is 0 Å². The molecule has 0 aromatic carbocycles. The third-order valence-corrected chi connectivity index (χ3v) is 5.58. The van der Waals surface area contributed by atoms with Gasteiger partial charge in [-0.2, -0.15) is 0 Å². The standard InChI is InChI=1S/C17H29NO3/c1-13-6-5-7-14(13)12-18-15(19)10-17(11-16(20)21)8-3-2-4-9-17/h13-14H,2-12H2,1H3,(H,18,19)(H,20,21). The van der Waals surface area contributed by atoms with Crippen LogP contribution in [-0.2, 0) is 9.59 Å². The Bertz CT molecular complexity index is 374. The molecule has 0 bridgehead atoms. The van der Waals surface area contributed by atoms with E-state index in [4.69, 9.17) is 5.11 Å². The van der Waals surface area contributed by atoms with E-state index in [1.54, 1.807) is 0 Å². The molecule has 0 radical (unpaired) electrons. The molecule has 2 atom stereocenters. The highest BCUT2D eigenvalue weighted by molar-refractivity contribution is 5.78. The Morgan fingerprint density at radius 3 is 2.38 bits per heavy atom. The average molecular weight is 295 g/mol. The average Bonchev–Trinajstić information content (AvgIpc) is 2.82. The van der Waals surface area contributed by atoms with Crippen molar-refractivity contribution in [3.63, 3.8) is 0 Å². The van der Waals surface area contributed by atoms with Crippen molar-refractivity contribution in [1.29, 1.82) is 0 Å². The molecule has 2 rings (SSSR count). The van der Waals surface area contributed by atoms with Gasteiger partial charge in [-0.05, 0) is 36.5 Å². The molecule has 4 heteroatoms. The minimum Gasteiger partial charge on any atom is -0.481 e. The number of carbonyl (C=O) groups excluding carboxylic acids is 1. The molecular weight excluding hydrogens is 266 g/mol. The van der Waals surface area contributed by atoms with Crippen LogP contribution in [0.3, 0.4) is 0 Å². The minimum atomic E-state index is -0.769. The van der Waals surface area contributed by atoms with Gasteiger partial charge in [-0.25, -0.2) is 0 Å². The van der Waals surface area contributed by atoms with E-state index in [0.717, 1.165) is 32.2 Å². The van der Waals surface area contributed by atoms with Gasteiger partial charge in [0.25, 0.3) is 0 Å². The van der Waals surface area contributed by atoms with Gasteiger partial charge in [0.15, 0.2) is 0 Å². The fourth-order valence-electron chi connectivity index (χ4n) is 4.21. The highest BCUT2D eigenvalue weighted by atomic mass is 16.4. The second-order valence-corrected chi connectivity index (χ2v) is 7.28. The van der Waals surface area contributed by atoms with E-state index in [9.17, 15) is 9.59 Å². The maximum atomic E-state index is 12.3. The molecule has 0 aromatic rings. The Morgan fingerprint density at radius 1 is 1.10 bits per heavy atom. The fraction of sp³-hybridized carbons (Fsp3) is 0.882. The van der Waals surface area contributed by atoms with E-state index < -0.39 is 5.97 Å². The molecule has 2 unspecified atom stereocenters. The normalized spacial score (nSPS) is 28.2. The topological polar surface area (TPSA) is 66.4 Å². The van der Waals surface area contributed by atoms with E-state index >= 15 is 0 Å². The number of carboxylic acids is 1. The molecule has 0 saturated heterocycles. The van der Waals surface area contributed by atoms with Crippen LogP contribution >= 0.6 is 0 Å². The molecule has 21 heavy (non-hydrogen) atoms. The summed E-state index contributed by atoms with van der Waals surface area (Å²) in [5.74, 6) is 0.593. The smallest absolute Gasteiger partial charge is 0.303 e. The molecule has 0 aliphatic heterocycles. The fourth-order valence-corrected chi connectivity index (χ4v) is 4.21. The first-order chi connectivity index (χ1) is 10.0. The first-order valence-electron chi connectivity index (χ1n) is 8.49. The van der Waals surface area contributed by atoms with Crippen LogP contribution in [0.5, 0.6) is 0 Å². The van der Waals surface area contributed by atoms with Gasteiger partial charge in [-0.3, -0.25) is 9.59 Å². The molecule has 2 fully saturated rings. The van der Waals surface area contributed by atoms with Crippen LogP contribution in [0.4, 0.5) is 0 Å². The van der Waals surface area contributed by atoms with Crippen LogP contribution in [0.1, 0.15) is 71.1 Å². The molecule has 1 amide bonds. The zero-order valence-electron chi connectivity index (χ0n) is 13.2. The lowest BCUT2D eigenvalue weighted by molar-refractivity contribution is -0.141. The second kappa shape index (κ2) is 7.28. The van der Waals surface area contributed by atoms with E-state index in [-0.39, 0.29) is 17.7 Å². The third kappa shape index (κ3) is 4.72. The van der Waals surface area contributed by atoms with Gasteiger partial charge in [0.1, 0.15) is 0 Å². The molecule has 120 valence electrons. The Balaban J connectivity index is 1.84. The molecule has 0 aromatic heterocycles. The van der Waals surface area contributed by atoms with Crippen molar-refractivity contribution >= 4 is 11.9 Å². The van der Waals surface area contributed by atoms with Crippen LogP contribution in [0, 0.1) is 17.3 Å². The van der Waals surface area contributed by atoms with E-state index in [1.807, 2.05) is 0 Å². The number of carboxylic acid groups (broad SMARTS) is 1. The number of hydrogen-bond acceptors (Lipinski definition) is 2. The Kier molecular flexibility index (Phi) is 5.65. The second-order valence-electron chi connectivity index (χ2n) is 7.28. The predicted molar refractivity (Wildman–Crippen MR) is 81.9 cm³/mol. The number of aliphatic carboxylic acids is 1. The predicted octanol–water partition coefficient (Wildman–Crippen LogP) is 3.35. The molecule has 0 heterocycles. The van der Waals surface area contributed by atoms with Crippen molar-refractivity contribution in [3.05, 3.63) is 0 Å². The van der Waals surface area contributed by atoms with Crippen LogP contribution < -0.4 is 5.32 Å². The molecule has 2 aliphatic rings. The lowest BCUT2D eigenvalue weighted by atomic mass is 9.69. The summed E-state index contributed by atoms with van der Waals surface area (Å²) in [6.07, 6.45) is 9.32. The molecule has 2 N–H and O–H groups in total. The maximum Gasteiger partial charge on any atom is 0.303 e. The quantitative estimate of drug-likeness (QED) is 0.789. The molecule has 0 spiro atoms. The van der Waals surface area contributed by atoms with Crippen molar-refractivity contribution in [2.75, 3.05) is 6.54 Å². The van der Waals surface area contributed by atoms with Crippen LogP contribution in [0.15, 0.2) is 0 Å². The van der Waals surface area contributed by atoms with Crippen molar-refractivity contribution < 1.29 is 14.7 Å². The minimum absolute atomic E-state index is 0.0530. The Labute approximate surface area is 127 Å². The van der Waals surface area contributed by atoms with Gasteiger partial charge in [0.2, 0.25) is 5.91 Å². The number of carbonyl (C=O) groups is 2. The zero-order chi connectivity index (χ0) is 15.3. The first kappa shape index (κ1) is 16.3. The van der Waals surface area contributed by atoms with Crippen LogP contribution in [0.25, 0.3) is 0 Å². The number of amides is 1. The summed E-state index contributed by atoms with van der Waals surface area (Å²) < 4.78 is 0. The zero-order valence-corrected chi connectivity index (χ0v) is 13.2. The van der Waals surface area contributed by atoms with Crippen LogP contribution in [0.2, 0.25) is 0 Å². The summed E-state index contributed by atoms with van der Waals surface area (Å²) in [5.41, 5.74) is -0.296. The molecule has 2 saturated carbocycles. The summed E-state index contributed by atoms with van der Waals surface area (Å²) in [6.45, 7) is 3.03. The van der Waals surface area contributed by atoms with Gasteiger partial charge in [-0.1, -0.05) is 39.0 Å². The SMILES string of the molecule is CC1CCCC1CNC(=O)CC1(CC(=O)O)CCCCC1. The highest BCUT2D eigenvalue weighted by Gasteiger charge is 2.36. The van der Waals surface area contributed by atoms with Crippen molar-refractivity contribution in [2.45, 2.75) is 71.1 Å². The van der Waals surface area contributed by atoms with Crippen LogP contribution in [-0.4, -0.2) is 23.5 Å². The number of nitrogens with one attached hydrogen (secondary N) is 1. The lowest BCUT2D eigenvalue weighted by Gasteiger charge is -2.35. The van der Waals surface area contributed by atoms with Crippen molar-refractivity contribution in [1.82, 2.24) is 5.32 Å². The monoisotopic (exact) mass is 295 g/mol. The molecule has 4 nitrogen and oxygen atoms in total. The number of hydrogen-bond donors (Lipinski definition) is 2. The molecule has 2 aliphatic carbocycles.